The van der Waals surface area contributed by atoms with Gasteiger partial charge in [-0.3, -0.25) is 4.79 Å². The van der Waals surface area contributed by atoms with Crippen LogP contribution < -0.4 is 10.1 Å². The fourth-order valence-electron chi connectivity index (χ4n) is 1.86. The van der Waals surface area contributed by atoms with Crippen LogP contribution in [0.25, 0.3) is 0 Å². The molecule has 2 heterocycles. The fraction of sp³-hybridized carbons (Fsp3) is 0.133. The molecule has 2 N–H and O–H groups in total. The van der Waals surface area contributed by atoms with Gasteiger partial charge in [-0.2, -0.15) is 0 Å². The highest BCUT2D eigenvalue weighted by atomic mass is 19.2. The van der Waals surface area contributed by atoms with Crippen molar-refractivity contribution >= 4 is 5.91 Å². The zero-order chi connectivity index (χ0) is 16.9. The minimum Gasteiger partial charge on any atom is -0.485 e. The molecule has 9 heteroatoms. The summed E-state index contributed by atoms with van der Waals surface area (Å²) < 4.78 is 36.1. The molecular weight excluding hydrogens is 322 g/mol. The third-order valence-electron chi connectivity index (χ3n) is 3.03. The van der Waals surface area contributed by atoms with Gasteiger partial charge in [0.2, 0.25) is 0 Å². The molecule has 0 bridgehead atoms. The van der Waals surface area contributed by atoms with Gasteiger partial charge in [-0.05, 0) is 12.1 Å². The van der Waals surface area contributed by atoms with Gasteiger partial charge in [0.1, 0.15) is 18.2 Å². The average Bonchev–Trinajstić information content (AvgIpc) is 3.25. The SMILES string of the molecule is O=C(NCc1ncc[nH]1)c1cc(COc2ccc(F)c(F)c2)on1. The second-order valence-electron chi connectivity index (χ2n) is 4.76. The lowest BCUT2D eigenvalue weighted by Gasteiger charge is -2.03. The van der Waals surface area contributed by atoms with E-state index < -0.39 is 17.5 Å². The van der Waals surface area contributed by atoms with Crippen molar-refractivity contribution in [3.8, 4) is 5.75 Å². The van der Waals surface area contributed by atoms with E-state index in [4.69, 9.17) is 9.26 Å². The van der Waals surface area contributed by atoms with E-state index in [0.29, 0.717) is 5.82 Å². The van der Waals surface area contributed by atoms with Crippen molar-refractivity contribution in [2.24, 2.45) is 0 Å². The van der Waals surface area contributed by atoms with E-state index in [1.165, 1.54) is 12.1 Å². The van der Waals surface area contributed by atoms with Crippen molar-refractivity contribution in [1.29, 1.82) is 0 Å². The Hall–Kier alpha value is -3.23. The molecular formula is C15H12F2N4O3. The topological polar surface area (TPSA) is 93.0 Å². The van der Waals surface area contributed by atoms with Crippen LogP contribution >= 0.6 is 0 Å². The van der Waals surface area contributed by atoms with Crippen molar-refractivity contribution in [3.63, 3.8) is 0 Å². The van der Waals surface area contributed by atoms with Gasteiger partial charge < -0.3 is 19.6 Å². The second-order valence-corrected chi connectivity index (χ2v) is 4.76. The Bertz CT molecular complexity index is 833. The molecule has 1 aromatic carbocycles. The lowest BCUT2D eigenvalue weighted by Crippen LogP contribution is -2.23. The van der Waals surface area contributed by atoms with Crippen molar-refractivity contribution < 1.29 is 22.8 Å². The van der Waals surface area contributed by atoms with Crippen LogP contribution in [-0.2, 0) is 13.2 Å². The summed E-state index contributed by atoms with van der Waals surface area (Å²) >= 11 is 0. The van der Waals surface area contributed by atoms with E-state index in [0.717, 1.165) is 12.1 Å². The van der Waals surface area contributed by atoms with E-state index >= 15 is 0 Å². The Labute approximate surface area is 134 Å². The molecule has 0 aliphatic rings. The van der Waals surface area contributed by atoms with Gasteiger partial charge in [-0.1, -0.05) is 5.16 Å². The smallest absolute Gasteiger partial charge is 0.273 e. The molecule has 2 aromatic heterocycles. The lowest BCUT2D eigenvalue weighted by molar-refractivity contribution is 0.0940. The van der Waals surface area contributed by atoms with Crippen LogP contribution in [0, 0.1) is 11.6 Å². The molecule has 1 amide bonds. The average molecular weight is 334 g/mol. The third-order valence-corrected chi connectivity index (χ3v) is 3.03. The summed E-state index contributed by atoms with van der Waals surface area (Å²) in [6.45, 7) is 0.142. The lowest BCUT2D eigenvalue weighted by atomic mass is 10.3. The minimum atomic E-state index is -1.01. The highest BCUT2D eigenvalue weighted by Crippen LogP contribution is 2.17. The van der Waals surface area contributed by atoms with Crippen molar-refractivity contribution in [3.05, 3.63) is 65.6 Å². The normalized spacial score (nSPS) is 10.6. The summed E-state index contributed by atoms with van der Waals surface area (Å²) in [6.07, 6.45) is 3.22. The predicted octanol–water partition coefficient (Wildman–Crippen LogP) is 2.18. The first-order valence-corrected chi connectivity index (χ1v) is 6.92. The monoisotopic (exact) mass is 334 g/mol. The molecule has 7 nitrogen and oxygen atoms in total. The molecule has 0 unspecified atom stereocenters. The molecule has 0 saturated carbocycles. The number of H-pyrrole nitrogens is 1. The van der Waals surface area contributed by atoms with Gasteiger partial charge in [-0.15, -0.1) is 0 Å². The number of amides is 1. The number of carbonyl (C=O) groups is 1. The fourth-order valence-corrected chi connectivity index (χ4v) is 1.86. The molecule has 0 aliphatic carbocycles. The predicted molar refractivity (Wildman–Crippen MR) is 77.0 cm³/mol. The zero-order valence-electron chi connectivity index (χ0n) is 12.3. The van der Waals surface area contributed by atoms with E-state index in [9.17, 15) is 13.6 Å². The standard InChI is InChI=1S/C15H12F2N4O3/c16-11-2-1-9(5-12(11)17)23-8-10-6-13(21-24-10)15(22)20-7-14-18-3-4-19-14/h1-6H,7-8H2,(H,18,19)(H,20,22). The molecule has 3 aromatic rings. The van der Waals surface area contributed by atoms with Gasteiger partial charge in [0.15, 0.2) is 23.1 Å². The molecule has 24 heavy (non-hydrogen) atoms. The van der Waals surface area contributed by atoms with Crippen LogP contribution in [-0.4, -0.2) is 21.0 Å². The van der Waals surface area contributed by atoms with E-state index in [-0.39, 0.29) is 30.4 Å². The van der Waals surface area contributed by atoms with E-state index in [2.05, 4.69) is 20.4 Å². The number of ether oxygens (including phenoxy) is 1. The molecule has 0 spiro atoms. The Morgan fingerprint density at radius 2 is 2.17 bits per heavy atom. The number of rotatable bonds is 6. The summed E-state index contributed by atoms with van der Waals surface area (Å²) in [6, 6.07) is 4.56. The molecule has 124 valence electrons. The Morgan fingerprint density at radius 1 is 1.29 bits per heavy atom. The number of halogens is 2. The van der Waals surface area contributed by atoms with Crippen molar-refractivity contribution in [2.75, 3.05) is 0 Å². The maximum Gasteiger partial charge on any atom is 0.273 e. The van der Waals surface area contributed by atoms with Crippen molar-refractivity contribution in [2.45, 2.75) is 13.2 Å². The van der Waals surface area contributed by atoms with Crippen LogP contribution in [0.1, 0.15) is 22.1 Å². The number of benzene rings is 1. The molecule has 0 saturated heterocycles. The first kappa shape index (κ1) is 15.7. The number of nitrogens with zero attached hydrogens (tertiary/aromatic N) is 2. The molecule has 0 radical (unpaired) electrons. The first-order chi connectivity index (χ1) is 11.6. The largest absolute Gasteiger partial charge is 0.485 e. The van der Waals surface area contributed by atoms with Crippen LogP contribution in [0.3, 0.4) is 0 Å². The number of nitrogens with one attached hydrogen (secondary N) is 2. The number of aromatic nitrogens is 3. The van der Waals surface area contributed by atoms with Crippen LogP contribution in [0.2, 0.25) is 0 Å². The van der Waals surface area contributed by atoms with Gasteiger partial charge in [0.05, 0.1) is 6.54 Å². The van der Waals surface area contributed by atoms with Gasteiger partial charge in [-0.25, -0.2) is 13.8 Å². The van der Waals surface area contributed by atoms with Gasteiger partial charge in [0, 0.05) is 24.5 Å². The van der Waals surface area contributed by atoms with Crippen molar-refractivity contribution in [1.82, 2.24) is 20.4 Å². The second kappa shape index (κ2) is 6.90. The summed E-state index contributed by atoms with van der Waals surface area (Å²) in [5, 5.41) is 6.24. The zero-order valence-corrected chi connectivity index (χ0v) is 12.3. The quantitative estimate of drug-likeness (QED) is 0.721. The van der Waals surface area contributed by atoms with E-state index in [1.807, 2.05) is 0 Å². The van der Waals surface area contributed by atoms with Crippen LogP contribution in [0.4, 0.5) is 8.78 Å². The van der Waals surface area contributed by atoms with Crippen LogP contribution in [0.15, 0.2) is 41.2 Å². The highest BCUT2D eigenvalue weighted by molar-refractivity contribution is 5.92. The van der Waals surface area contributed by atoms with Gasteiger partial charge in [0.25, 0.3) is 5.91 Å². The summed E-state index contributed by atoms with van der Waals surface area (Å²) in [7, 11) is 0. The molecule has 0 aliphatic heterocycles. The van der Waals surface area contributed by atoms with Gasteiger partial charge >= 0.3 is 0 Å². The maximum atomic E-state index is 13.1. The third kappa shape index (κ3) is 3.75. The number of carbonyl (C=O) groups excluding carboxylic acids is 1. The Kier molecular flexibility index (Phi) is 4.50. The number of hydrogen-bond acceptors (Lipinski definition) is 5. The Morgan fingerprint density at radius 3 is 2.92 bits per heavy atom. The Balaban J connectivity index is 1.54. The first-order valence-electron chi connectivity index (χ1n) is 6.92. The van der Waals surface area contributed by atoms with Crippen LogP contribution in [0.5, 0.6) is 5.75 Å². The minimum absolute atomic E-state index is 0.0745. The summed E-state index contributed by atoms with van der Waals surface area (Å²) in [4.78, 5) is 18.7. The maximum absolute atomic E-state index is 13.1. The molecule has 0 fully saturated rings. The number of aromatic amines is 1. The number of imidazole rings is 1. The molecule has 0 atom stereocenters. The summed E-state index contributed by atoms with van der Waals surface area (Å²) in [5.41, 5.74) is 0.0745. The van der Waals surface area contributed by atoms with E-state index in [1.54, 1.807) is 12.4 Å². The highest BCUT2D eigenvalue weighted by Gasteiger charge is 2.13. The summed E-state index contributed by atoms with van der Waals surface area (Å²) in [5.74, 6) is -1.40. The molecule has 3 rings (SSSR count). The number of hydrogen-bond donors (Lipinski definition) is 2.